The highest BCUT2D eigenvalue weighted by atomic mass is 79.9. The van der Waals surface area contributed by atoms with Gasteiger partial charge in [0.05, 0.1) is 4.90 Å². The van der Waals surface area contributed by atoms with E-state index >= 15 is 0 Å². The number of nitrogens with zero attached hydrogens (tertiary/aromatic N) is 1. The summed E-state index contributed by atoms with van der Waals surface area (Å²) in [6.45, 7) is 0. The molecule has 0 fully saturated rings. The van der Waals surface area contributed by atoms with Crippen LogP contribution in [0.5, 0.6) is 0 Å². The largest absolute Gasteiger partial charge is 0.321 e. The summed E-state index contributed by atoms with van der Waals surface area (Å²) in [6.07, 6.45) is 1.51. The summed E-state index contributed by atoms with van der Waals surface area (Å²) in [5.74, 6) is -0.416. The minimum absolute atomic E-state index is 0.0410. The van der Waals surface area contributed by atoms with Crippen molar-refractivity contribution in [3.63, 3.8) is 0 Å². The number of pyridine rings is 1. The molecule has 0 aliphatic heterocycles. The van der Waals surface area contributed by atoms with Crippen LogP contribution in [-0.4, -0.2) is 19.3 Å². The lowest BCUT2D eigenvalue weighted by molar-refractivity contribution is 0.102. The molecule has 26 heavy (non-hydrogen) atoms. The van der Waals surface area contributed by atoms with E-state index in [2.05, 4.69) is 31.0 Å². The molecular formula is C18H14BrN3O3S. The smallest absolute Gasteiger partial charge is 0.274 e. The number of anilines is 2. The number of nitrogens with one attached hydrogen (secondary N) is 2. The number of carbonyl (C=O) groups excluding carboxylic acids is 1. The average Bonchev–Trinajstić information content (AvgIpc) is 2.64. The number of halogens is 1. The number of hydrogen-bond donors (Lipinski definition) is 2. The molecule has 132 valence electrons. The lowest BCUT2D eigenvalue weighted by atomic mass is 10.3. The van der Waals surface area contributed by atoms with Crippen LogP contribution in [0, 0.1) is 0 Å². The molecule has 0 bridgehead atoms. The first-order valence-electron chi connectivity index (χ1n) is 7.55. The van der Waals surface area contributed by atoms with Crippen LogP contribution in [0.4, 0.5) is 11.4 Å². The lowest BCUT2D eigenvalue weighted by Crippen LogP contribution is -2.15. The van der Waals surface area contributed by atoms with Crippen molar-refractivity contribution in [3.05, 3.63) is 83.1 Å². The Morgan fingerprint density at radius 3 is 2.38 bits per heavy atom. The predicted molar refractivity (Wildman–Crippen MR) is 104 cm³/mol. The lowest BCUT2D eigenvalue weighted by Gasteiger charge is -2.10. The van der Waals surface area contributed by atoms with Gasteiger partial charge in [-0.25, -0.2) is 8.42 Å². The van der Waals surface area contributed by atoms with E-state index < -0.39 is 15.9 Å². The number of rotatable bonds is 5. The molecule has 2 aromatic carbocycles. The second kappa shape index (κ2) is 7.67. The maximum Gasteiger partial charge on any atom is 0.274 e. The SMILES string of the molecule is O=C(Nc1cccc(S(=O)(=O)Nc2ccc(Br)cc2)c1)c1ccccn1. The third kappa shape index (κ3) is 4.47. The topological polar surface area (TPSA) is 88.2 Å². The number of sulfonamides is 1. The van der Waals surface area contributed by atoms with Gasteiger partial charge in [0.2, 0.25) is 0 Å². The van der Waals surface area contributed by atoms with Crippen molar-refractivity contribution < 1.29 is 13.2 Å². The van der Waals surface area contributed by atoms with Crippen LogP contribution in [0.15, 0.2) is 82.3 Å². The van der Waals surface area contributed by atoms with Gasteiger partial charge < -0.3 is 5.32 Å². The Morgan fingerprint density at radius 2 is 1.69 bits per heavy atom. The van der Waals surface area contributed by atoms with Crippen molar-refractivity contribution >= 4 is 43.2 Å². The molecule has 1 amide bonds. The second-order valence-electron chi connectivity index (χ2n) is 5.31. The molecule has 8 heteroatoms. The van der Waals surface area contributed by atoms with Crippen LogP contribution in [-0.2, 0) is 10.0 Å². The molecule has 0 radical (unpaired) electrons. The Kier molecular flexibility index (Phi) is 5.34. The minimum Gasteiger partial charge on any atom is -0.321 e. The van der Waals surface area contributed by atoms with Gasteiger partial charge in [-0.3, -0.25) is 14.5 Å². The third-order valence-electron chi connectivity index (χ3n) is 3.40. The molecule has 0 atom stereocenters. The molecule has 3 rings (SSSR count). The van der Waals surface area contributed by atoms with Crippen LogP contribution in [0.25, 0.3) is 0 Å². The van der Waals surface area contributed by atoms with E-state index in [0.29, 0.717) is 11.4 Å². The Morgan fingerprint density at radius 1 is 0.923 bits per heavy atom. The maximum absolute atomic E-state index is 12.5. The van der Waals surface area contributed by atoms with E-state index in [0.717, 1.165) is 4.47 Å². The minimum atomic E-state index is -3.78. The van der Waals surface area contributed by atoms with Crippen molar-refractivity contribution in [1.29, 1.82) is 0 Å². The first kappa shape index (κ1) is 18.1. The Hall–Kier alpha value is -2.71. The summed E-state index contributed by atoms with van der Waals surface area (Å²) < 4.78 is 28.4. The third-order valence-corrected chi connectivity index (χ3v) is 5.30. The monoisotopic (exact) mass is 431 g/mol. The number of aromatic nitrogens is 1. The van der Waals surface area contributed by atoms with Gasteiger partial charge in [0.25, 0.3) is 15.9 Å². The molecule has 1 aromatic heterocycles. The molecule has 0 saturated carbocycles. The standard InChI is InChI=1S/C18H14BrN3O3S/c19-13-7-9-14(10-8-13)22-26(24,25)16-5-3-4-15(12-16)21-18(23)17-6-1-2-11-20-17/h1-12,22H,(H,21,23). The van der Waals surface area contributed by atoms with E-state index in [1.807, 2.05) is 0 Å². The summed E-state index contributed by atoms with van der Waals surface area (Å²) in [7, 11) is -3.78. The van der Waals surface area contributed by atoms with Gasteiger partial charge in [-0.05, 0) is 54.6 Å². The molecule has 0 aliphatic carbocycles. The van der Waals surface area contributed by atoms with Gasteiger partial charge in [-0.15, -0.1) is 0 Å². The summed E-state index contributed by atoms with van der Waals surface area (Å²) in [5.41, 5.74) is 1.05. The van der Waals surface area contributed by atoms with Crippen LogP contribution in [0.1, 0.15) is 10.5 Å². The van der Waals surface area contributed by atoms with Crippen LogP contribution < -0.4 is 10.0 Å². The summed E-state index contributed by atoms with van der Waals surface area (Å²) in [6, 6.07) is 17.8. The van der Waals surface area contributed by atoms with Crippen molar-refractivity contribution in [2.24, 2.45) is 0 Å². The number of hydrogen-bond acceptors (Lipinski definition) is 4. The van der Waals surface area contributed by atoms with Crippen molar-refractivity contribution in [2.75, 3.05) is 10.0 Å². The fourth-order valence-electron chi connectivity index (χ4n) is 2.17. The van der Waals surface area contributed by atoms with E-state index in [9.17, 15) is 13.2 Å². The zero-order valence-electron chi connectivity index (χ0n) is 13.4. The average molecular weight is 432 g/mol. The van der Waals surface area contributed by atoms with Gasteiger partial charge in [-0.1, -0.05) is 28.1 Å². The fourth-order valence-corrected chi connectivity index (χ4v) is 3.53. The zero-order valence-corrected chi connectivity index (χ0v) is 15.8. The highest BCUT2D eigenvalue weighted by Crippen LogP contribution is 2.21. The Bertz CT molecular complexity index is 1020. The Labute approximate surface area is 159 Å². The molecule has 6 nitrogen and oxygen atoms in total. The zero-order chi connectivity index (χ0) is 18.6. The van der Waals surface area contributed by atoms with E-state index in [4.69, 9.17) is 0 Å². The summed E-state index contributed by atoms with van der Waals surface area (Å²) >= 11 is 3.30. The quantitative estimate of drug-likeness (QED) is 0.640. The molecule has 2 N–H and O–H groups in total. The van der Waals surface area contributed by atoms with Crippen LogP contribution >= 0.6 is 15.9 Å². The first-order valence-corrected chi connectivity index (χ1v) is 9.82. The van der Waals surface area contributed by atoms with Gasteiger partial charge in [0.1, 0.15) is 5.69 Å². The van der Waals surface area contributed by atoms with E-state index in [1.54, 1.807) is 54.6 Å². The normalized spacial score (nSPS) is 11.0. The van der Waals surface area contributed by atoms with Crippen molar-refractivity contribution in [1.82, 2.24) is 4.98 Å². The van der Waals surface area contributed by atoms with E-state index in [-0.39, 0.29) is 10.6 Å². The van der Waals surface area contributed by atoms with Gasteiger partial charge in [0.15, 0.2) is 0 Å². The molecular weight excluding hydrogens is 418 g/mol. The van der Waals surface area contributed by atoms with Crippen LogP contribution in [0.3, 0.4) is 0 Å². The molecule has 0 unspecified atom stereocenters. The van der Waals surface area contributed by atoms with Gasteiger partial charge >= 0.3 is 0 Å². The molecule has 0 aliphatic rings. The first-order chi connectivity index (χ1) is 12.4. The summed E-state index contributed by atoms with van der Waals surface area (Å²) in [5, 5.41) is 2.64. The van der Waals surface area contributed by atoms with Gasteiger partial charge in [0, 0.05) is 22.0 Å². The highest BCUT2D eigenvalue weighted by Gasteiger charge is 2.15. The maximum atomic E-state index is 12.5. The summed E-state index contributed by atoms with van der Waals surface area (Å²) in [4.78, 5) is 16.2. The number of amides is 1. The second-order valence-corrected chi connectivity index (χ2v) is 7.91. The molecule has 3 aromatic rings. The fraction of sp³-hybridized carbons (Fsp3) is 0. The van der Waals surface area contributed by atoms with Crippen LogP contribution in [0.2, 0.25) is 0 Å². The number of carbonyl (C=O) groups is 1. The van der Waals surface area contributed by atoms with Crippen molar-refractivity contribution in [3.8, 4) is 0 Å². The number of benzene rings is 2. The molecule has 0 spiro atoms. The Balaban J connectivity index is 1.79. The van der Waals surface area contributed by atoms with E-state index in [1.165, 1.54) is 18.3 Å². The van der Waals surface area contributed by atoms with Crippen molar-refractivity contribution in [2.45, 2.75) is 4.90 Å². The highest BCUT2D eigenvalue weighted by molar-refractivity contribution is 9.10. The molecule has 0 saturated heterocycles. The predicted octanol–water partition coefficient (Wildman–Crippen LogP) is 3.90. The molecule has 1 heterocycles. The van der Waals surface area contributed by atoms with Gasteiger partial charge in [-0.2, -0.15) is 0 Å².